The summed E-state index contributed by atoms with van der Waals surface area (Å²) >= 11 is 0. The summed E-state index contributed by atoms with van der Waals surface area (Å²) in [5.41, 5.74) is 0.0738. The SMILES string of the molecule is CCCCNc1cc(C(=O)O)cc(S(N)(=O)=O)c1Oc1ccccc1.[NaH]. The van der Waals surface area contributed by atoms with Gasteiger partial charge < -0.3 is 15.2 Å². The van der Waals surface area contributed by atoms with Gasteiger partial charge in [-0.1, -0.05) is 31.5 Å². The molecule has 2 aromatic rings. The van der Waals surface area contributed by atoms with Gasteiger partial charge in [-0.2, -0.15) is 0 Å². The first-order chi connectivity index (χ1) is 11.8. The van der Waals surface area contributed by atoms with Gasteiger partial charge >= 0.3 is 35.5 Å². The number of carbonyl (C=O) groups is 1. The van der Waals surface area contributed by atoms with Gasteiger partial charge in [0.2, 0.25) is 10.0 Å². The summed E-state index contributed by atoms with van der Waals surface area (Å²) in [4.78, 5) is 10.9. The molecule has 7 nitrogen and oxygen atoms in total. The van der Waals surface area contributed by atoms with E-state index in [1.807, 2.05) is 6.92 Å². The molecular weight excluding hydrogens is 367 g/mol. The molecule has 0 radical (unpaired) electrons. The molecule has 0 aromatic heterocycles. The second-order valence-electron chi connectivity index (χ2n) is 5.40. The van der Waals surface area contributed by atoms with Crippen molar-refractivity contribution in [1.29, 1.82) is 0 Å². The van der Waals surface area contributed by atoms with E-state index in [-0.39, 0.29) is 51.5 Å². The molecule has 0 unspecified atom stereocenters. The third kappa shape index (κ3) is 6.00. The minimum atomic E-state index is -4.19. The number of aromatic carboxylic acids is 1. The van der Waals surface area contributed by atoms with Crippen LogP contribution in [0.4, 0.5) is 5.69 Å². The van der Waals surface area contributed by atoms with E-state index in [9.17, 15) is 18.3 Å². The molecule has 0 aliphatic carbocycles. The van der Waals surface area contributed by atoms with Gasteiger partial charge in [-0.05, 0) is 30.7 Å². The number of anilines is 1. The summed E-state index contributed by atoms with van der Waals surface area (Å²) in [5.74, 6) is -0.862. The number of benzene rings is 2. The average molecular weight is 388 g/mol. The van der Waals surface area contributed by atoms with Gasteiger partial charge in [0.05, 0.1) is 11.3 Å². The molecule has 0 saturated carbocycles. The number of unbranched alkanes of at least 4 members (excludes halogenated alkanes) is 1. The third-order valence-electron chi connectivity index (χ3n) is 3.42. The Kier molecular flexibility index (Phi) is 8.58. The fourth-order valence-corrected chi connectivity index (χ4v) is 2.88. The topological polar surface area (TPSA) is 119 Å². The summed E-state index contributed by atoms with van der Waals surface area (Å²) in [6.07, 6.45) is 1.75. The first-order valence-electron chi connectivity index (χ1n) is 7.74. The van der Waals surface area contributed by atoms with E-state index in [1.54, 1.807) is 30.3 Å². The number of hydrogen-bond acceptors (Lipinski definition) is 5. The molecule has 2 aromatic carbocycles. The normalized spacial score (nSPS) is 10.7. The molecule has 0 saturated heterocycles. The fraction of sp³-hybridized carbons (Fsp3) is 0.235. The van der Waals surface area contributed by atoms with Crippen LogP contribution in [0.2, 0.25) is 0 Å². The molecule has 26 heavy (non-hydrogen) atoms. The third-order valence-corrected chi connectivity index (χ3v) is 4.33. The van der Waals surface area contributed by atoms with E-state index in [1.165, 1.54) is 6.07 Å². The second-order valence-corrected chi connectivity index (χ2v) is 6.93. The van der Waals surface area contributed by atoms with Crippen molar-refractivity contribution in [3.63, 3.8) is 0 Å². The number of carboxylic acids is 1. The molecule has 0 aliphatic heterocycles. The number of carboxylic acid groups (broad SMARTS) is 1. The number of nitrogens with one attached hydrogen (secondary N) is 1. The standard InChI is InChI=1S/C17H20N2O5S.Na.H/c1-2-3-9-19-14-10-12(17(20)21)11-15(25(18,22)23)16(14)24-13-7-5-4-6-8-13;;/h4-8,10-11,19H,2-3,9H2,1H3,(H,20,21)(H2,18,22,23);;. The van der Waals surface area contributed by atoms with E-state index in [2.05, 4.69) is 5.32 Å². The Hall–Kier alpha value is -1.58. The molecule has 2 rings (SSSR count). The molecular formula is C17H21N2NaO5S. The molecule has 9 heteroatoms. The van der Waals surface area contributed by atoms with Crippen LogP contribution in [-0.4, -0.2) is 55.6 Å². The van der Waals surface area contributed by atoms with E-state index in [4.69, 9.17) is 9.88 Å². The summed E-state index contributed by atoms with van der Waals surface area (Å²) < 4.78 is 29.7. The molecule has 0 fully saturated rings. The van der Waals surface area contributed by atoms with Gasteiger partial charge in [-0.15, -0.1) is 0 Å². The first-order valence-corrected chi connectivity index (χ1v) is 9.28. The van der Waals surface area contributed by atoms with Crippen LogP contribution >= 0.6 is 0 Å². The van der Waals surface area contributed by atoms with E-state index in [0.29, 0.717) is 12.3 Å². The van der Waals surface area contributed by atoms with Crippen LogP contribution < -0.4 is 15.2 Å². The van der Waals surface area contributed by atoms with E-state index in [0.717, 1.165) is 18.9 Å². The summed E-state index contributed by atoms with van der Waals surface area (Å²) in [5, 5.41) is 17.6. The summed E-state index contributed by atoms with van der Waals surface area (Å²) in [6, 6.07) is 10.9. The van der Waals surface area contributed by atoms with Crippen LogP contribution in [0.5, 0.6) is 11.5 Å². The van der Waals surface area contributed by atoms with E-state index >= 15 is 0 Å². The van der Waals surface area contributed by atoms with Crippen LogP contribution in [0, 0.1) is 0 Å². The fourth-order valence-electron chi connectivity index (χ4n) is 2.18. The minimum absolute atomic E-state index is 0. The number of ether oxygens (including phenoxy) is 1. The Morgan fingerprint density at radius 1 is 1.23 bits per heavy atom. The van der Waals surface area contributed by atoms with Gasteiger partial charge in [-0.3, -0.25) is 0 Å². The van der Waals surface area contributed by atoms with Crippen molar-refractivity contribution in [2.24, 2.45) is 5.14 Å². The molecule has 0 aliphatic rings. The van der Waals surface area contributed by atoms with Crippen molar-refractivity contribution in [3.8, 4) is 11.5 Å². The Morgan fingerprint density at radius 3 is 2.42 bits per heavy atom. The van der Waals surface area contributed by atoms with Crippen LogP contribution in [0.15, 0.2) is 47.4 Å². The van der Waals surface area contributed by atoms with Crippen molar-refractivity contribution in [2.45, 2.75) is 24.7 Å². The van der Waals surface area contributed by atoms with Crippen molar-refractivity contribution < 1.29 is 23.1 Å². The summed E-state index contributed by atoms with van der Waals surface area (Å²) in [6.45, 7) is 2.54. The Labute approximate surface area is 174 Å². The number of primary sulfonamides is 1. The van der Waals surface area contributed by atoms with Gasteiger partial charge in [0.1, 0.15) is 10.6 Å². The van der Waals surface area contributed by atoms with E-state index < -0.39 is 16.0 Å². The van der Waals surface area contributed by atoms with Crippen LogP contribution in [0.1, 0.15) is 30.1 Å². The molecule has 0 amide bonds. The molecule has 136 valence electrons. The Bertz CT molecular complexity index is 857. The van der Waals surface area contributed by atoms with Crippen LogP contribution in [0.3, 0.4) is 0 Å². The van der Waals surface area contributed by atoms with Gasteiger partial charge in [0.15, 0.2) is 5.75 Å². The zero-order chi connectivity index (χ0) is 18.4. The van der Waals surface area contributed by atoms with Crippen molar-refractivity contribution >= 4 is 51.2 Å². The number of sulfonamides is 1. The molecule has 0 bridgehead atoms. The van der Waals surface area contributed by atoms with Crippen molar-refractivity contribution in [3.05, 3.63) is 48.0 Å². The van der Waals surface area contributed by atoms with Crippen molar-refractivity contribution in [1.82, 2.24) is 0 Å². The second kappa shape index (κ2) is 9.94. The predicted octanol–water partition coefficient (Wildman–Crippen LogP) is 2.39. The van der Waals surface area contributed by atoms with Gasteiger partial charge in [-0.25, -0.2) is 18.4 Å². The average Bonchev–Trinajstić information content (AvgIpc) is 2.56. The quantitative estimate of drug-likeness (QED) is 0.472. The summed E-state index contributed by atoms with van der Waals surface area (Å²) in [7, 11) is -4.19. The van der Waals surface area contributed by atoms with Gasteiger partial charge in [0, 0.05) is 6.54 Å². The molecule has 0 atom stereocenters. The molecule has 0 spiro atoms. The predicted molar refractivity (Wildman–Crippen MR) is 102 cm³/mol. The van der Waals surface area contributed by atoms with Crippen molar-refractivity contribution in [2.75, 3.05) is 11.9 Å². The zero-order valence-electron chi connectivity index (χ0n) is 13.7. The zero-order valence-corrected chi connectivity index (χ0v) is 14.5. The number of hydrogen-bond donors (Lipinski definition) is 3. The van der Waals surface area contributed by atoms with Crippen LogP contribution in [0.25, 0.3) is 0 Å². The Balaban J connectivity index is 0.00000338. The maximum absolute atomic E-state index is 12.0. The molecule has 0 heterocycles. The number of nitrogens with two attached hydrogens (primary N) is 1. The Morgan fingerprint density at radius 2 is 1.88 bits per heavy atom. The first kappa shape index (κ1) is 22.5. The molecule has 4 N–H and O–H groups in total. The van der Waals surface area contributed by atoms with Crippen LogP contribution in [-0.2, 0) is 10.0 Å². The maximum atomic E-state index is 12.0. The number of para-hydroxylation sites is 1. The number of rotatable bonds is 8. The van der Waals surface area contributed by atoms with Gasteiger partial charge in [0.25, 0.3) is 0 Å². The monoisotopic (exact) mass is 388 g/mol.